The van der Waals surface area contributed by atoms with Gasteiger partial charge in [0.2, 0.25) is 5.88 Å². The van der Waals surface area contributed by atoms with Crippen molar-refractivity contribution in [2.24, 2.45) is 5.41 Å². The minimum absolute atomic E-state index is 0.00112. The summed E-state index contributed by atoms with van der Waals surface area (Å²) in [5.41, 5.74) is 0.843. The van der Waals surface area contributed by atoms with Crippen LogP contribution in [0.2, 0.25) is 0 Å². The van der Waals surface area contributed by atoms with Crippen LogP contribution >= 0.6 is 0 Å². The third-order valence-corrected chi connectivity index (χ3v) is 10.8. The zero-order chi connectivity index (χ0) is 32.8. The van der Waals surface area contributed by atoms with Crippen LogP contribution < -0.4 is 19.7 Å². The fraction of sp³-hybridized carbons (Fsp3) is 0.486. The van der Waals surface area contributed by atoms with Crippen LogP contribution in [-0.4, -0.2) is 94.7 Å². The molecule has 248 valence electrons. The third-order valence-electron chi connectivity index (χ3n) is 10.8. The van der Waals surface area contributed by atoms with E-state index in [1.807, 2.05) is 12.1 Å². The first-order valence-electron chi connectivity index (χ1n) is 17.0. The first kappa shape index (κ1) is 29.9. The number of fused-ring (bicyclic) bond motifs is 6. The molecule has 3 atom stereocenters. The molecule has 1 saturated carbocycles. The first-order chi connectivity index (χ1) is 23.2. The van der Waals surface area contributed by atoms with Crippen LogP contribution in [0.15, 0.2) is 30.3 Å². The summed E-state index contributed by atoms with van der Waals surface area (Å²) in [6.07, 6.45) is 10.1. The van der Waals surface area contributed by atoms with Crippen molar-refractivity contribution in [2.75, 3.05) is 50.9 Å². The zero-order valence-corrected chi connectivity index (χ0v) is 27.3. The lowest BCUT2D eigenvalue weighted by Gasteiger charge is -2.40. The molecule has 4 aromatic rings. The van der Waals surface area contributed by atoms with Crippen molar-refractivity contribution < 1.29 is 23.7 Å². The van der Waals surface area contributed by atoms with Gasteiger partial charge in [0, 0.05) is 60.2 Å². The van der Waals surface area contributed by atoms with E-state index in [1.54, 1.807) is 12.1 Å². The van der Waals surface area contributed by atoms with E-state index in [0.29, 0.717) is 59.0 Å². The first-order valence-corrected chi connectivity index (χ1v) is 17.0. The van der Waals surface area contributed by atoms with E-state index in [2.05, 4.69) is 34.9 Å². The SMILES string of the molecule is C#Cc1cccc2cc(O)cc(-c3nc4c5c(nc(OCC6(CN7CCOC(C)(C)C7)CC6)nc5c3F)N3C[C@H]5CC[C@H](N5)[C@H]3CO4)c12. The molecule has 6 heterocycles. The van der Waals surface area contributed by atoms with Crippen molar-refractivity contribution >= 4 is 27.5 Å². The smallest absolute Gasteiger partial charge is 0.319 e. The Morgan fingerprint density at radius 1 is 1.17 bits per heavy atom. The van der Waals surface area contributed by atoms with Gasteiger partial charge in [-0.15, -0.1) is 6.42 Å². The number of piperazine rings is 1. The molecular formula is C37H39FN6O4. The summed E-state index contributed by atoms with van der Waals surface area (Å²) in [7, 11) is 0. The van der Waals surface area contributed by atoms with Gasteiger partial charge in [-0.3, -0.25) is 4.90 Å². The van der Waals surface area contributed by atoms with Crippen LogP contribution in [0.5, 0.6) is 17.6 Å². The molecule has 4 fully saturated rings. The minimum Gasteiger partial charge on any atom is -0.508 e. The number of terminal acetylenes is 1. The van der Waals surface area contributed by atoms with Crippen molar-refractivity contribution in [3.8, 4) is 41.2 Å². The molecule has 0 amide bonds. The van der Waals surface area contributed by atoms with Gasteiger partial charge in [-0.05, 0) is 63.1 Å². The monoisotopic (exact) mass is 650 g/mol. The summed E-state index contributed by atoms with van der Waals surface area (Å²) in [6, 6.07) is 9.23. The highest BCUT2D eigenvalue weighted by molar-refractivity contribution is 6.04. The van der Waals surface area contributed by atoms with E-state index in [1.165, 1.54) is 6.07 Å². The van der Waals surface area contributed by atoms with Crippen LogP contribution in [0.25, 0.3) is 32.9 Å². The maximum Gasteiger partial charge on any atom is 0.319 e. The van der Waals surface area contributed by atoms with Gasteiger partial charge in [0.15, 0.2) is 5.82 Å². The number of phenolic OH excluding ortho intramolecular Hbond substituents is 1. The number of rotatable bonds is 6. The van der Waals surface area contributed by atoms with Crippen LogP contribution in [0.3, 0.4) is 0 Å². The van der Waals surface area contributed by atoms with E-state index < -0.39 is 5.82 Å². The lowest BCUT2D eigenvalue weighted by atomic mass is 9.96. The number of hydrogen-bond donors (Lipinski definition) is 2. The molecule has 0 unspecified atom stereocenters. The number of nitrogens with zero attached hydrogens (tertiary/aromatic N) is 5. The molecule has 2 aromatic heterocycles. The molecule has 1 aliphatic carbocycles. The Balaban J connectivity index is 1.16. The van der Waals surface area contributed by atoms with Crippen molar-refractivity contribution in [3.63, 3.8) is 0 Å². The number of pyridine rings is 1. The number of aromatic hydroxyl groups is 1. The molecule has 0 spiro atoms. The van der Waals surface area contributed by atoms with E-state index in [9.17, 15) is 5.11 Å². The van der Waals surface area contributed by atoms with Gasteiger partial charge in [-0.1, -0.05) is 18.1 Å². The fourth-order valence-corrected chi connectivity index (χ4v) is 8.35. The predicted molar refractivity (Wildman–Crippen MR) is 180 cm³/mol. The predicted octanol–water partition coefficient (Wildman–Crippen LogP) is 4.64. The second-order valence-electron chi connectivity index (χ2n) is 14.9. The molecule has 5 aliphatic rings. The quantitative estimate of drug-likeness (QED) is 0.287. The van der Waals surface area contributed by atoms with Crippen molar-refractivity contribution in [3.05, 3.63) is 41.7 Å². The molecular weight excluding hydrogens is 611 g/mol. The summed E-state index contributed by atoms with van der Waals surface area (Å²) in [5, 5.41) is 16.2. The molecule has 2 N–H and O–H groups in total. The van der Waals surface area contributed by atoms with Gasteiger partial charge >= 0.3 is 6.01 Å². The molecule has 0 radical (unpaired) electrons. The Kier molecular flexibility index (Phi) is 6.77. The van der Waals surface area contributed by atoms with Gasteiger partial charge in [-0.25, -0.2) is 9.37 Å². The highest BCUT2D eigenvalue weighted by Crippen LogP contribution is 2.48. The topological polar surface area (TPSA) is 105 Å². The van der Waals surface area contributed by atoms with Gasteiger partial charge in [0.05, 0.1) is 24.9 Å². The number of benzene rings is 2. The largest absolute Gasteiger partial charge is 0.508 e. The Morgan fingerprint density at radius 2 is 2.04 bits per heavy atom. The van der Waals surface area contributed by atoms with Crippen LogP contribution in [0.1, 0.15) is 45.1 Å². The molecule has 9 rings (SSSR count). The summed E-state index contributed by atoms with van der Waals surface area (Å²) in [4.78, 5) is 19.2. The Labute approximate surface area is 278 Å². The molecule has 2 bridgehead atoms. The number of phenols is 1. The third kappa shape index (κ3) is 5.00. The summed E-state index contributed by atoms with van der Waals surface area (Å²) < 4.78 is 35.9. The second kappa shape index (κ2) is 10.9. The molecule has 2 aromatic carbocycles. The van der Waals surface area contributed by atoms with Crippen LogP contribution in [0.4, 0.5) is 10.2 Å². The average Bonchev–Trinajstić information content (AvgIpc) is 3.75. The van der Waals surface area contributed by atoms with Gasteiger partial charge in [0.25, 0.3) is 0 Å². The zero-order valence-electron chi connectivity index (χ0n) is 27.3. The second-order valence-corrected chi connectivity index (χ2v) is 14.9. The van der Waals surface area contributed by atoms with E-state index in [0.717, 1.165) is 51.9 Å². The molecule has 4 aliphatic heterocycles. The Morgan fingerprint density at radius 3 is 2.85 bits per heavy atom. The van der Waals surface area contributed by atoms with Crippen LogP contribution in [-0.2, 0) is 4.74 Å². The molecule has 11 heteroatoms. The maximum absolute atomic E-state index is 17.1. The lowest BCUT2D eigenvalue weighted by Crippen LogP contribution is -2.60. The number of ether oxygens (including phenoxy) is 3. The highest BCUT2D eigenvalue weighted by Gasteiger charge is 2.47. The number of hydrogen-bond acceptors (Lipinski definition) is 10. The standard InChI is InChI=1S/C37H39FN6O4/c1-4-21-6-5-7-22-14-24(45)15-25(28(21)22)31-30(38)32-29-33(44-16-23-8-9-26(39-23)27(44)17-46-34(29)40-31)42-35(41-32)47-20-37(10-11-37)19-43-12-13-48-36(2,3)18-43/h1,5-7,14-15,23,26-27,39,45H,8-13,16-20H2,2-3H3/t23-,26+,27-/m1/s1. The normalized spacial score (nSPS) is 25.3. The number of halogens is 1. The Hall–Kier alpha value is -4.24. The number of nitrogens with one attached hydrogen (secondary N) is 1. The number of aromatic nitrogens is 3. The summed E-state index contributed by atoms with van der Waals surface area (Å²) in [5.74, 6) is 2.90. The lowest BCUT2D eigenvalue weighted by molar-refractivity contribution is -0.0912. The van der Waals surface area contributed by atoms with E-state index in [-0.39, 0.29) is 52.0 Å². The molecule has 10 nitrogen and oxygen atoms in total. The summed E-state index contributed by atoms with van der Waals surface area (Å²) in [6.45, 7) is 9.17. The van der Waals surface area contributed by atoms with Crippen molar-refractivity contribution in [1.29, 1.82) is 0 Å². The fourth-order valence-electron chi connectivity index (χ4n) is 8.35. The van der Waals surface area contributed by atoms with Gasteiger partial charge in [0.1, 0.15) is 34.8 Å². The number of anilines is 1. The maximum atomic E-state index is 17.1. The Bertz CT molecular complexity index is 2010. The minimum atomic E-state index is -0.641. The van der Waals surface area contributed by atoms with Gasteiger partial charge in [-0.2, -0.15) is 9.97 Å². The average molecular weight is 651 g/mol. The molecule has 3 saturated heterocycles. The van der Waals surface area contributed by atoms with Crippen molar-refractivity contribution in [1.82, 2.24) is 25.2 Å². The van der Waals surface area contributed by atoms with Crippen LogP contribution in [0, 0.1) is 23.6 Å². The van der Waals surface area contributed by atoms with E-state index >= 15 is 4.39 Å². The van der Waals surface area contributed by atoms with Gasteiger partial charge < -0.3 is 29.5 Å². The summed E-state index contributed by atoms with van der Waals surface area (Å²) >= 11 is 0. The number of morpholine rings is 1. The van der Waals surface area contributed by atoms with E-state index in [4.69, 9.17) is 35.6 Å². The highest BCUT2D eigenvalue weighted by atomic mass is 19.1. The molecule has 48 heavy (non-hydrogen) atoms. The van der Waals surface area contributed by atoms with Crippen molar-refractivity contribution in [2.45, 2.75) is 63.3 Å².